The molecule has 1 N–H and O–H groups in total. The number of imide groups is 1. The fourth-order valence-electron chi connectivity index (χ4n) is 3.33. The Hall–Kier alpha value is -3.67. The van der Waals surface area contributed by atoms with Gasteiger partial charge in [-0.25, -0.2) is 4.79 Å². The molecule has 2 heterocycles. The lowest BCUT2D eigenvalue weighted by Crippen LogP contribution is -2.43. The van der Waals surface area contributed by atoms with Gasteiger partial charge in [-0.1, -0.05) is 11.6 Å². The van der Waals surface area contributed by atoms with Gasteiger partial charge in [0.1, 0.15) is 23.2 Å². The van der Waals surface area contributed by atoms with Gasteiger partial charge < -0.3 is 14.3 Å². The maximum atomic E-state index is 12.9. The van der Waals surface area contributed by atoms with Gasteiger partial charge in [-0.2, -0.15) is 5.26 Å². The molecular formula is C24H21ClN2O6. The fraction of sp³-hybridized carbons (Fsp3) is 0.250. The van der Waals surface area contributed by atoms with Gasteiger partial charge in [0.05, 0.1) is 17.2 Å². The molecule has 170 valence electrons. The third kappa shape index (κ3) is 4.90. The monoisotopic (exact) mass is 468 g/mol. The number of amides is 2. The third-order valence-electron chi connectivity index (χ3n) is 5.02. The highest BCUT2D eigenvalue weighted by atomic mass is 35.5. The van der Waals surface area contributed by atoms with Crippen molar-refractivity contribution >= 4 is 35.5 Å². The van der Waals surface area contributed by atoms with Gasteiger partial charge >= 0.3 is 5.97 Å². The van der Waals surface area contributed by atoms with Crippen LogP contribution in [0.25, 0.3) is 17.4 Å². The second-order valence-corrected chi connectivity index (χ2v) is 7.53. The van der Waals surface area contributed by atoms with Crippen LogP contribution in [0.4, 0.5) is 0 Å². The van der Waals surface area contributed by atoms with E-state index < -0.39 is 17.8 Å². The van der Waals surface area contributed by atoms with Gasteiger partial charge in [0.2, 0.25) is 0 Å². The summed E-state index contributed by atoms with van der Waals surface area (Å²) >= 11 is 6.11. The molecule has 0 aliphatic carbocycles. The zero-order chi connectivity index (χ0) is 24.1. The highest BCUT2D eigenvalue weighted by molar-refractivity contribution is 6.33. The van der Waals surface area contributed by atoms with Crippen molar-refractivity contribution in [2.75, 3.05) is 19.8 Å². The number of hydrogen-bond donors (Lipinski definition) is 1. The van der Waals surface area contributed by atoms with Crippen molar-refractivity contribution in [1.82, 2.24) is 4.90 Å². The summed E-state index contributed by atoms with van der Waals surface area (Å²) in [5.41, 5.74) is 1.04. The second kappa shape index (κ2) is 10.3. The lowest BCUT2D eigenvalue weighted by Gasteiger charge is -2.27. The number of halogens is 1. The van der Waals surface area contributed by atoms with Gasteiger partial charge in [0.15, 0.2) is 0 Å². The van der Waals surface area contributed by atoms with E-state index in [0.717, 1.165) is 4.90 Å². The number of esters is 1. The molecule has 0 unspecified atom stereocenters. The van der Waals surface area contributed by atoms with Crippen LogP contribution in [0.1, 0.15) is 36.4 Å². The first kappa shape index (κ1) is 24.0. The highest BCUT2D eigenvalue weighted by Gasteiger charge is 2.35. The van der Waals surface area contributed by atoms with E-state index in [2.05, 4.69) is 0 Å². The molecule has 33 heavy (non-hydrogen) atoms. The van der Waals surface area contributed by atoms with Gasteiger partial charge in [-0.3, -0.25) is 14.5 Å². The zero-order valence-corrected chi connectivity index (χ0v) is 18.8. The van der Waals surface area contributed by atoms with Crippen LogP contribution in [0.3, 0.4) is 0 Å². The standard InChI is InChI=1S/C24H21ClN2O6/c1-3-32-24(31)18-11-15(5-7-20(18)25)21-8-6-16(33-21)12-17-14(2)19(13-26)23(30)27(22(17)29)9-4-10-28/h5-8,11-12,28H,3-4,9-10H2,1-2H3/b17-12-. The summed E-state index contributed by atoms with van der Waals surface area (Å²) in [5.74, 6) is -1.07. The molecule has 9 heteroatoms. The molecule has 2 aromatic rings. The molecule has 0 atom stereocenters. The summed E-state index contributed by atoms with van der Waals surface area (Å²) in [4.78, 5) is 38.5. The number of aliphatic hydroxyl groups is 1. The van der Waals surface area contributed by atoms with E-state index in [4.69, 9.17) is 25.9 Å². The Morgan fingerprint density at radius 3 is 2.70 bits per heavy atom. The third-order valence-corrected chi connectivity index (χ3v) is 5.35. The molecule has 1 aromatic heterocycles. The minimum absolute atomic E-state index is 0.00518. The van der Waals surface area contributed by atoms with Gasteiger partial charge in [-0.05, 0) is 62.2 Å². The molecular weight excluding hydrogens is 448 g/mol. The Kier molecular flexibility index (Phi) is 7.48. The molecule has 2 amide bonds. The smallest absolute Gasteiger partial charge is 0.339 e. The molecule has 0 radical (unpaired) electrons. The van der Waals surface area contributed by atoms with Crippen molar-refractivity contribution in [3.05, 3.63) is 63.4 Å². The first-order chi connectivity index (χ1) is 15.8. The van der Waals surface area contributed by atoms with Crippen LogP contribution in [0.2, 0.25) is 5.02 Å². The lowest BCUT2D eigenvalue weighted by atomic mass is 9.94. The van der Waals surface area contributed by atoms with Gasteiger partial charge in [0, 0.05) is 24.3 Å². The number of nitriles is 1. The number of nitrogens with zero attached hydrogens (tertiary/aromatic N) is 2. The van der Waals surface area contributed by atoms with Crippen molar-refractivity contribution in [2.45, 2.75) is 20.3 Å². The summed E-state index contributed by atoms with van der Waals surface area (Å²) < 4.78 is 10.9. The van der Waals surface area contributed by atoms with Crippen LogP contribution in [-0.4, -0.2) is 47.5 Å². The van der Waals surface area contributed by atoms with Crippen molar-refractivity contribution in [3.63, 3.8) is 0 Å². The number of carbonyl (C=O) groups excluding carboxylic acids is 3. The molecule has 1 aliphatic rings. The summed E-state index contributed by atoms with van der Waals surface area (Å²) in [6, 6.07) is 9.94. The van der Waals surface area contributed by atoms with E-state index in [1.54, 1.807) is 37.3 Å². The second-order valence-electron chi connectivity index (χ2n) is 7.13. The topological polar surface area (TPSA) is 121 Å². The van der Waals surface area contributed by atoms with Crippen LogP contribution in [0.15, 0.2) is 51.5 Å². The van der Waals surface area contributed by atoms with Crippen LogP contribution in [-0.2, 0) is 14.3 Å². The van der Waals surface area contributed by atoms with E-state index in [9.17, 15) is 19.6 Å². The number of rotatable bonds is 7. The Morgan fingerprint density at radius 1 is 1.27 bits per heavy atom. The summed E-state index contributed by atoms with van der Waals surface area (Å²) in [7, 11) is 0. The Labute approximate surface area is 195 Å². The largest absolute Gasteiger partial charge is 0.462 e. The SMILES string of the molecule is CCOC(=O)c1cc(-c2ccc(/C=C3\C(=O)N(CCCO)C(=O)C(C#N)=C3C)o2)ccc1Cl. The van der Waals surface area contributed by atoms with Gasteiger partial charge in [0.25, 0.3) is 11.8 Å². The molecule has 0 spiro atoms. The maximum absolute atomic E-state index is 12.9. The average molecular weight is 469 g/mol. The van der Waals surface area contributed by atoms with Crippen molar-refractivity contribution in [1.29, 1.82) is 5.26 Å². The number of furan rings is 1. The molecule has 8 nitrogen and oxygen atoms in total. The van der Waals surface area contributed by atoms with Crippen LogP contribution in [0.5, 0.6) is 0 Å². The minimum Gasteiger partial charge on any atom is -0.462 e. The number of hydrogen-bond acceptors (Lipinski definition) is 7. The average Bonchev–Trinajstić information content (AvgIpc) is 3.26. The van der Waals surface area contributed by atoms with Crippen molar-refractivity contribution in [3.8, 4) is 17.4 Å². The number of carbonyl (C=O) groups is 3. The van der Waals surface area contributed by atoms with Crippen LogP contribution in [0, 0.1) is 11.3 Å². The number of aliphatic hydroxyl groups excluding tert-OH is 1. The van der Waals surface area contributed by atoms with E-state index in [0.29, 0.717) is 17.1 Å². The molecule has 0 fully saturated rings. The Morgan fingerprint density at radius 2 is 2.03 bits per heavy atom. The van der Waals surface area contributed by atoms with Crippen LogP contribution >= 0.6 is 11.6 Å². The molecule has 3 rings (SSSR count). The van der Waals surface area contributed by atoms with Crippen molar-refractivity contribution < 1.29 is 28.6 Å². The first-order valence-electron chi connectivity index (χ1n) is 10.2. The van der Waals surface area contributed by atoms with Crippen LogP contribution < -0.4 is 0 Å². The minimum atomic E-state index is -0.682. The molecule has 1 aliphatic heterocycles. The predicted molar refractivity (Wildman–Crippen MR) is 120 cm³/mol. The normalized spacial score (nSPS) is 15.2. The molecule has 1 aromatic carbocycles. The molecule has 0 saturated heterocycles. The van der Waals surface area contributed by atoms with Gasteiger partial charge in [-0.15, -0.1) is 0 Å². The van der Waals surface area contributed by atoms with E-state index in [1.807, 2.05) is 6.07 Å². The zero-order valence-electron chi connectivity index (χ0n) is 18.1. The van der Waals surface area contributed by atoms with Crippen molar-refractivity contribution in [2.24, 2.45) is 0 Å². The van der Waals surface area contributed by atoms with E-state index in [1.165, 1.54) is 13.0 Å². The first-order valence-corrected chi connectivity index (χ1v) is 10.6. The van der Waals surface area contributed by atoms with E-state index in [-0.39, 0.29) is 53.5 Å². The molecule has 0 saturated carbocycles. The fourth-order valence-corrected chi connectivity index (χ4v) is 3.53. The number of benzene rings is 1. The lowest BCUT2D eigenvalue weighted by molar-refractivity contribution is -0.140. The summed E-state index contributed by atoms with van der Waals surface area (Å²) in [5, 5.41) is 18.7. The summed E-state index contributed by atoms with van der Waals surface area (Å²) in [6.07, 6.45) is 1.66. The Bertz CT molecular complexity index is 1220. The Balaban J connectivity index is 1.98. The maximum Gasteiger partial charge on any atom is 0.339 e. The number of ether oxygens (including phenoxy) is 1. The molecule has 0 bridgehead atoms. The summed E-state index contributed by atoms with van der Waals surface area (Å²) in [6.45, 7) is 3.23. The quantitative estimate of drug-likeness (QED) is 0.373. The highest BCUT2D eigenvalue weighted by Crippen LogP contribution is 2.31. The predicted octanol–water partition coefficient (Wildman–Crippen LogP) is 3.75. The van der Waals surface area contributed by atoms with E-state index >= 15 is 0 Å².